The van der Waals surface area contributed by atoms with Crippen LogP contribution in [0.4, 0.5) is 17.1 Å². The number of hydrogen-bond donors (Lipinski definition) is 0. The van der Waals surface area contributed by atoms with E-state index in [0.717, 1.165) is 51.1 Å². The Morgan fingerprint density at radius 2 is 1.04 bits per heavy atom. The highest BCUT2D eigenvalue weighted by atomic mass is 16.3. The quantitative estimate of drug-likeness (QED) is 0.184. The van der Waals surface area contributed by atoms with Gasteiger partial charge in [-0.3, -0.25) is 0 Å². The number of furan rings is 1. The predicted octanol–water partition coefficient (Wildman–Crippen LogP) is 12.9. The zero-order valence-corrected chi connectivity index (χ0v) is 27.2. The molecule has 4 fully saturated rings. The molecule has 4 bridgehead atoms. The molecule has 0 amide bonds. The highest BCUT2D eigenvalue weighted by molar-refractivity contribution is 6.10. The molecule has 2 nitrogen and oxygen atoms in total. The number of para-hydroxylation sites is 2. The second-order valence-electron chi connectivity index (χ2n) is 14.8. The largest absolute Gasteiger partial charge is 0.454 e. The maximum absolute atomic E-state index is 6.64. The summed E-state index contributed by atoms with van der Waals surface area (Å²) < 4.78 is 6.64. The fourth-order valence-electron chi connectivity index (χ4n) is 10.1. The Bertz CT molecular complexity index is 2230. The molecule has 0 N–H and O–H groups in total. The van der Waals surface area contributed by atoms with E-state index in [-0.39, 0.29) is 0 Å². The lowest BCUT2D eigenvalue weighted by Crippen LogP contribution is -2.48. The molecule has 0 radical (unpaired) electrons. The van der Waals surface area contributed by atoms with Crippen molar-refractivity contribution in [2.45, 2.75) is 43.9 Å². The van der Waals surface area contributed by atoms with E-state index in [4.69, 9.17) is 4.42 Å². The van der Waals surface area contributed by atoms with E-state index in [1.807, 2.05) is 0 Å². The number of hydrogen-bond acceptors (Lipinski definition) is 2. The lowest BCUT2D eigenvalue weighted by Gasteiger charge is -2.57. The number of rotatable bonds is 6. The standard InChI is InChI=1S/C46H39NO/c1-2-8-34(9-3-1)35-16-18-36(19-17-35)37-20-22-39(23-21-37)47(43-14-7-13-42-41-12-4-5-15-44(41)48-45(42)43)40-11-6-10-38(27-40)46-28-31-24-32(29-46)26-33(25-31)30-46/h1-23,27,31-33H,24-26,28-30H2. The molecule has 234 valence electrons. The lowest BCUT2D eigenvalue weighted by atomic mass is 9.48. The first-order valence-corrected chi connectivity index (χ1v) is 17.8. The Hall–Kier alpha value is -5.08. The first-order valence-electron chi connectivity index (χ1n) is 17.8. The molecule has 11 rings (SSSR count). The van der Waals surface area contributed by atoms with Crippen molar-refractivity contribution in [1.29, 1.82) is 0 Å². The smallest absolute Gasteiger partial charge is 0.159 e. The van der Waals surface area contributed by atoms with Gasteiger partial charge >= 0.3 is 0 Å². The molecule has 4 aliphatic rings. The van der Waals surface area contributed by atoms with Crippen molar-refractivity contribution in [2.75, 3.05) is 4.90 Å². The molecule has 1 heterocycles. The van der Waals surface area contributed by atoms with Crippen LogP contribution >= 0.6 is 0 Å². The van der Waals surface area contributed by atoms with E-state index in [0.29, 0.717) is 5.41 Å². The maximum atomic E-state index is 6.64. The summed E-state index contributed by atoms with van der Waals surface area (Å²) in [6.45, 7) is 0. The highest BCUT2D eigenvalue weighted by Crippen LogP contribution is 2.61. The summed E-state index contributed by atoms with van der Waals surface area (Å²) in [5, 5.41) is 2.31. The molecule has 4 aliphatic carbocycles. The van der Waals surface area contributed by atoms with E-state index in [1.54, 1.807) is 0 Å². The van der Waals surface area contributed by atoms with Crippen molar-refractivity contribution in [3.8, 4) is 22.3 Å². The Balaban J connectivity index is 1.08. The van der Waals surface area contributed by atoms with Gasteiger partial charge in [0, 0.05) is 22.1 Å². The molecule has 2 heteroatoms. The minimum atomic E-state index is 0.331. The van der Waals surface area contributed by atoms with Crippen LogP contribution in [-0.4, -0.2) is 0 Å². The Labute approximate surface area is 282 Å². The number of nitrogens with zero attached hydrogens (tertiary/aromatic N) is 1. The van der Waals surface area contributed by atoms with Gasteiger partial charge in [0.2, 0.25) is 0 Å². The van der Waals surface area contributed by atoms with Crippen LogP contribution in [0.3, 0.4) is 0 Å². The Morgan fingerprint density at radius 1 is 0.479 bits per heavy atom. The molecule has 0 spiro atoms. The van der Waals surface area contributed by atoms with E-state index in [1.165, 1.54) is 72.0 Å². The van der Waals surface area contributed by atoms with Crippen molar-refractivity contribution in [1.82, 2.24) is 0 Å². The monoisotopic (exact) mass is 621 g/mol. The molecule has 1 aromatic heterocycles. The van der Waals surface area contributed by atoms with Gasteiger partial charge in [-0.05, 0) is 126 Å². The normalized spacial score (nSPS) is 22.8. The second kappa shape index (κ2) is 11.0. The molecule has 0 unspecified atom stereocenters. The van der Waals surface area contributed by atoms with Gasteiger partial charge in [0.05, 0.1) is 5.69 Å². The Morgan fingerprint density at radius 3 is 1.73 bits per heavy atom. The second-order valence-corrected chi connectivity index (χ2v) is 14.8. The van der Waals surface area contributed by atoms with Gasteiger partial charge in [0.15, 0.2) is 5.58 Å². The third-order valence-electron chi connectivity index (χ3n) is 11.8. The first kappa shape index (κ1) is 28.0. The summed E-state index contributed by atoms with van der Waals surface area (Å²) in [6.07, 6.45) is 8.46. The van der Waals surface area contributed by atoms with E-state index in [2.05, 4.69) is 150 Å². The maximum Gasteiger partial charge on any atom is 0.159 e. The topological polar surface area (TPSA) is 16.4 Å². The summed E-state index contributed by atoms with van der Waals surface area (Å²) >= 11 is 0. The van der Waals surface area contributed by atoms with Gasteiger partial charge in [-0.25, -0.2) is 0 Å². The summed E-state index contributed by atoms with van der Waals surface area (Å²) in [7, 11) is 0. The molecule has 48 heavy (non-hydrogen) atoms. The molecule has 4 saturated carbocycles. The van der Waals surface area contributed by atoms with E-state index < -0.39 is 0 Å². The summed E-state index contributed by atoms with van der Waals surface area (Å²) in [5.41, 5.74) is 12.0. The van der Waals surface area contributed by atoms with Crippen LogP contribution in [0.1, 0.15) is 44.1 Å². The van der Waals surface area contributed by atoms with Gasteiger partial charge < -0.3 is 9.32 Å². The minimum absolute atomic E-state index is 0.331. The van der Waals surface area contributed by atoms with Gasteiger partial charge in [-0.15, -0.1) is 0 Å². The summed E-state index contributed by atoms with van der Waals surface area (Å²) in [5.74, 6) is 2.74. The van der Waals surface area contributed by atoms with Crippen LogP contribution in [-0.2, 0) is 5.41 Å². The van der Waals surface area contributed by atoms with Gasteiger partial charge in [-0.2, -0.15) is 0 Å². The van der Waals surface area contributed by atoms with Crippen molar-refractivity contribution in [3.63, 3.8) is 0 Å². The molecule has 0 saturated heterocycles. The summed E-state index contributed by atoms with van der Waals surface area (Å²) in [4.78, 5) is 2.43. The van der Waals surface area contributed by atoms with Gasteiger partial charge in [-0.1, -0.05) is 109 Å². The fraction of sp³-hybridized carbons (Fsp3) is 0.217. The molecule has 0 aliphatic heterocycles. The van der Waals surface area contributed by atoms with Crippen molar-refractivity contribution in [2.24, 2.45) is 17.8 Å². The minimum Gasteiger partial charge on any atom is -0.454 e. The number of fused-ring (bicyclic) bond motifs is 3. The SMILES string of the molecule is c1ccc(-c2ccc(-c3ccc(N(c4cccc(C56CC7CC(CC(C7)C5)C6)c4)c4cccc5c4oc4ccccc45)cc3)cc2)cc1. The van der Waals surface area contributed by atoms with Crippen LogP contribution < -0.4 is 4.90 Å². The predicted molar refractivity (Wildman–Crippen MR) is 199 cm³/mol. The Kier molecular flexibility index (Phi) is 6.41. The van der Waals surface area contributed by atoms with E-state index >= 15 is 0 Å². The fourth-order valence-corrected chi connectivity index (χ4v) is 10.1. The van der Waals surface area contributed by atoms with E-state index in [9.17, 15) is 0 Å². The number of anilines is 3. The molecule has 7 aromatic rings. The van der Waals surface area contributed by atoms with Crippen molar-refractivity contribution >= 4 is 39.0 Å². The van der Waals surface area contributed by atoms with Gasteiger partial charge in [0.1, 0.15) is 5.58 Å². The average molecular weight is 622 g/mol. The third-order valence-corrected chi connectivity index (χ3v) is 11.8. The zero-order chi connectivity index (χ0) is 31.7. The summed E-state index contributed by atoms with van der Waals surface area (Å²) in [6, 6.07) is 53.1. The third kappa shape index (κ3) is 4.61. The average Bonchev–Trinajstić information content (AvgIpc) is 3.52. The zero-order valence-electron chi connectivity index (χ0n) is 27.2. The van der Waals surface area contributed by atoms with Crippen molar-refractivity contribution < 1.29 is 4.42 Å². The van der Waals surface area contributed by atoms with Crippen LogP contribution in [0.2, 0.25) is 0 Å². The molecular weight excluding hydrogens is 583 g/mol. The van der Waals surface area contributed by atoms with Crippen molar-refractivity contribution in [3.05, 3.63) is 151 Å². The molecular formula is C46H39NO. The number of benzene rings is 6. The van der Waals surface area contributed by atoms with Crippen LogP contribution in [0.25, 0.3) is 44.2 Å². The van der Waals surface area contributed by atoms with Crippen LogP contribution in [0, 0.1) is 17.8 Å². The van der Waals surface area contributed by atoms with Crippen LogP contribution in [0.5, 0.6) is 0 Å². The van der Waals surface area contributed by atoms with Gasteiger partial charge in [0.25, 0.3) is 0 Å². The first-order chi connectivity index (χ1) is 23.7. The highest BCUT2D eigenvalue weighted by Gasteiger charge is 2.51. The lowest BCUT2D eigenvalue weighted by molar-refractivity contribution is -0.00516. The van der Waals surface area contributed by atoms with Crippen LogP contribution in [0.15, 0.2) is 150 Å². The molecule has 0 atom stereocenters. The molecule has 6 aromatic carbocycles.